The van der Waals surface area contributed by atoms with E-state index in [-0.39, 0.29) is 31.4 Å². The van der Waals surface area contributed by atoms with Gasteiger partial charge >= 0.3 is 18.6 Å². The first kappa shape index (κ1) is 15.6. The van der Waals surface area contributed by atoms with Gasteiger partial charge in [-0.25, -0.2) is 0 Å². The van der Waals surface area contributed by atoms with Crippen LogP contribution < -0.4 is 0 Å². The van der Waals surface area contributed by atoms with Gasteiger partial charge in [-0.2, -0.15) is 5.41 Å². The van der Waals surface area contributed by atoms with Crippen LogP contribution in [0.5, 0.6) is 0 Å². The third-order valence-electron chi connectivity index (χ3n) is 0. The first-order valence-corrected chi connectivity index (χ1v) is 1.85. The van der Waals surface area contributed by atoms with Crippen LogP contribution >= 0.6 is 0 Å². The van der Waals surface area contributed by atoms with Crippen molar-refractivity contribution >= 4 is 0 Å². The summed E-state index contributed by atoms with van der Waals surface area (Å²) in [4.78, 5) is 0. The van der Waals surface area contributed by atoms with Crippen LogP contribution in [-0.2, 0) is 18.6 Å². The van der Waals surface area contributed by atoms with E-state index in [9.17, 15) is 0 Å². The zero-order valence-electron chi connectivity index (χ0n) is 5.65. The molecular weight excluding hydrogens is 123 g/mol. The Labute approximate surface area is 59.6 Å². The summed E-state index contributed by atoms with van der Waals surface area (Å²) in [5.41, 5.74) is 0.250. The van der Waals surface area contributed by atoms with Crippen molar-refractivity contribution in [2.24, 2.45) is 5.41 Å². The summed E-state index contributed by atoms with van der Waals surface area (Å²) in [7, 11) is 0. The van der Waals surface area contributed by atoms with Crippen molar-refractivity contribution in [1.29, 1.82) is 0 Å². The van der Waals surface area contributed by atoms with Crippen molar-refractivity contribution in [1.82, 2.24) is 0 Å². The summed E-state index contributed by atoms with van der Waals surface area (Å²) < 4.78 is 0. The summed E-state index contributed by atoms with van der Waals surface area (Å²) in [5, 5.41) is 0. The van der Waals surface area contributed by atoms with Gasteiger partial charge in [0.15, 0.2) is 0 Å². The summed E-state index contributed by atoms with van der Waals surface area (Å²) in [6.07, 6.45) is 0. The van der Waals surface area contributed by atoms with Crippen molar-refractivity contribution in [3.8, 4) is 0 Å². The Bertz CT molecular complexity index is 19.7. The molecule has 0 unspecified atom stereocenters. The molecule has 0 atom stereocenters. The molecule has 0 heterocycles. The molecule has 0 aliphatic heterocycles. The molecule has 43 valence electrons. The standard InChI is InChI=1S/C5H11.CH3.V/c1-5(2,3)4;;/h1H2,2-4H3;1H3;/q2*-1;+2. The zero-order chi connectivity index (χ0) is 4.50. The zero-order valence-corrected chi connectivity index (χ0v) is 7.05. The smallest absolute Gasteiger partial charge is 0.358 e. The van der Waals surface area contributed by atoms with E-state index < -0.39 is 0 Å². The van der Waals surface area contributed by atoms with Gasteiger partial charge in [0.2, 0.25) is 0 Å². The Morgan fingerprint density at radius 3 is 1.14 bits per heavy atom. The molecular formula is C6H14V. The Morgan fingerprint density at radius 2 is 1.14 bits per heavy atom. The van der Waals surface area contributed by atoms with Gasteiger partial charge in [-0.05, 0) is 0 Å². The van der Waals surface area contributed by atoms with E-state index in [0.29, 0.717) is 0 Å². The molecule has 1 heteroatoms. The first-order valence-electron chi connectivity index (χ1n) is 1.85. The Balaban J connectivity index is -0.0000000800. The third kappa shape index (κ3) is 405. The van der Waals surface area contributed by atoms with Gasteiger partial charge in [-0.1, -0.05) is 20.8 Å². The summed E-state index contributed by atoms with van der Waals surface area (Å²) in [5.74, 6) is 0. The largest absolute Gasteiger partial charge is 2.00 e. The van der Waals surface area contributed by atoms with E-state index in [1.165, 1.54) is 0 Å². The van der Waals surface area contributed by atoms with Crippen molar-refractivity contribution < 1.29 is 18.6 Å². The minimum absolute atomic E-state index is 0. The molecule has 0 aromatic carbocycles. The van der Waals surface area contributed by atoms with E-state index in [0.717, 1.165) is 0 Å². The van der Waals surface area contributed by atoms with Gasteiger partial charge < -0.3 is 14.4 Å². The van der Waals surface area contributed by atoms with Crippen molar-refractivity contribution in [2.45, 2.75) is 20.8 Å². The number of hydrogen-bond acceptors (Lipinski definition) is 0. The van der Waals surface area contributed by atoms with Crippen LogP contribution in [0.25, 0.3) is 0 Å². The van der Waals surface area contributed by atoms with Crippen LogP contribution in [0.3, 0.4) is 0 Å². The maximum absolute atomic E-state index is 3.77. The predicted molar refractivity (Wildman–Crippen MR) is 31.2 cm³/mol. The maximum atomic E-state index is 3.77. The SMILES string of the molecule is [CH2-]C(C)(C)C.[CH3-].[V+2]. The van der Waals surface area contributed by atoms with Crippen molar-refractivity contribution in [3.63, 3.8) is 0 Å². The number of hydrogen-bond donors (Lipinski definition) is 0. The normalized spacial score (nSPS) is 8.57. The topological polar surface area (TPSA) is 0 Å². The van der Waals surface area contributed by atoms with Gasteiger partial charge in [-0.3, -0.25) is 0 Å². The van der Waals surface area contributed by atoms with Crippen LogP contribution in [0.1, 0.15) is 20.8 Å². The van der Waals surface area contributed by atoms with Gasteiger partial charge in [0.1, 0.15) is 0 Å². The molecule has 0 fully saturated rings. The van der Waals surface area contributed by atoms with Gasteiger partial charge in [0.25, 0.3) is 0 Å². The quantitative estimate of drug-likeness (QED) is 0.449. The fraction of sp³-hybridized carbons (Fsp3) is 0.667. The average Bonchev–Trinajstić information content (AvgIpc) is 0.722. The Morgan fingerprint density at radius 1 is 1.14 bits per heavy atom. The van der Waals surface area contributed by atoms with Gasteiger partial charge in [0, 0.05) is 0 Å². The van der Waals surface area contributed by atoms with Gasteiger partial charge in [-0.15, -0.1) is 0 Å². The number of rotatable bonds is 0. The van der Waals surface area contributed by atoms with Crippen LogP contribution in [0.2, 0.25) is 0 Å². The van der Waals surface area contributed by atoms with E-state index in [1.54, 1.807) is 0 Å². The molecule has 1 radical (unpaired) electrons. The van der Waals surface area contributed by atoms with Crippen LogP contribution in [0.4, 0.5) is 0 Å². The predicted octanol–water partition coefficient (Wildman–Crippen LogP) is 2.31. The van der Waals surface area contributed by atoms with E-state index in [4.69, 9.17) is 0 Å². The second-order valence-electron chi connectivity index (χ2n) is 2.56. The molecule has 0 saturated heterocycles. The second kappa shape index (κ2) is 4.74. The third-order valence-corrected chi connectivity index (χ3v) is 0. The minimum Gasteiger partial charge on any atom is -0.358 e. The first-order chi connectivity index (χ1) is 2.00. The monoisotopic (exact) mass is 137 g/mol. The summed E-state index contributed by atoms with van der Waals surface area (Å²) >= 11 is 0. The fourth-order valence-corrected chi connectivity index (χ4v) is 0. The fourth-order valence-electron chi connectivity index (χ4n) is 0. The molecule has 0 bridgehead atoms. The average molecular weight is 137 g/mol. The molecule has 0 rings (SSSR count). The molecule has 0 aromatic heterocycles. The second-order valence-corrected chi connectivity index (χ2v) is 2.56. The van der Waals surface area contributed by atoms with Gasteiger partial charge in [0.05, 0.1) is 0 Å². The Kier molecular flexibility index (Phi) is 10.6. The van der Waals surface area contributed by atoms with Crippen LogP contribution in [0, 0.1) is 19.8 Å². The molecule has 0 spiro atoms. The van der Waals surface area contributed by atoms with E-state index in [1.807, 2.05) is 0 Å². The maximum Gasteiger partial charge on any atom is 2.00 e. The minimum atomic E-state index is 0. The Hall–Kier alpha value is 0.584. The molecule has 0 amide bonds. The molecule has 0 N–H and O–H groups in total. The summed E-state index contributed by atoms with van der Waals surface area (Å²) in [6.45, 7) is 10.0. The van der Waals surface area contributed by atoms with E-state index in [2.05, 4.69) is 27.7 Å². The summed E-state index contributed by atoms with van der Waals surface area (Å²) in [6, 6.07) is 0. The molecule has 0 aromatic rings. The molecule has 0 saturated carbocycles. The van der Waals surface area contributed by atoms with Crippen molar-refractivity contribution in [2.75, 3.05) is 0 Å². The van der Waals surface area contributed by atoms with E-state index >= 15 is 0 Å². The molecule has 0 aliphatic rings. The molecule has 7 heavy (non-hydrogen) atoms. The molecule has 0 aliphatic carbocycles. The van der Waals surface area contributed by atoms with Crippen molar-refractivity contribution in [3.05, 3.63) is 14.4 Å². The van der Waals surface area contributed by atoms with Crippen LogP contribution in [0.15, 0.2) is 0 Å². The molecule has 0 nitrogen and oxygen atoms in total. The van der Waals surface area contributed by atoms with Crippen LogP contribution in [-0.4, -0.2) is 0 Å².